The van der Waals surface area contributed by atoms with E-state index in [1.165, 1.54) is 26.2 Å². The molecule has 0 aromatic heterocycles. The zero-order valence-corrected chi connectivity index (χ0v) is 19.1. The first kappa shape index (κ1) is 24.4. The summed E-state index contributed by atoms with van der Waals surface area (Å²) in [7, 11) is -2.63. The monoisotopic (exact) mass is 448 g/mol. The summed E-state index contributed by atoms with van der Waals surface area (Å²) in [6.45, 7) is 7.33. The lowest BCUT2D eigenvalue weighted by molar-refractivity contribution is -0.117. The second-order valence-corrected chi connectivity index (χ2v) is 8.88. The molecule has 0 fully saturated rings. The molecule has 0 heterocycles. The first-order valence-electron chi connectivity index (χ1n) is 9.87. The number of hydrogen-bond acceptors (Lipinski definition) is 6. The van der Waals surface area contributed by atoms with Crippen molar-refractivity contribution in [2.24, 2.45) is 0 Å². The van der Waals surface area contributed by atoms with Crippen molar-refractivity contribution in [1.29, 1.82) is 0 Å². The Morgan fingerprint density at radius 1 is 1.03 bits per heavy atom. The number of rotatable bonds is 9. The first-order chi connectivity index (χ1) is 14.6. The average molecular weight is 449 g/mol. The van der Waals surface area contributed by atoms with Crippen LogP contribution in [0.1, 0.15) is 49.5 Å². The summed E-state index contributed by atoms with van der Waals surface area (Å²) in [6.07, 6.45) is 0. The molecule has 31 heavy (non-hydrogen) atoms. The van der Waals surface area contributed by atoms with Crippen molar-refractivity contribution in [1.82, 2.24) is 4.72 Å². The van der Waals surface area contributed by atoms with Gasteiger partial charge in [-0.3, -0.25) is 4.79 Å². The second-order valence-electron chi connectivity index (χ2n) is 7.20. The third-order valence-corrected chi connectivity index (χ3v) is 6.09. The number of anilines is 1. The van der Waals surface area contributed by atoms with Crippen LogP contribution in [0.2, 0.25) is 0 Å². The number of benzene rings is 2. The summed E-state index contributed by atoms with van der Waals surface area (Å²) in [4.78, 5) is 24.2. The van der Waals surface area contributed by atoms with Gasteiger partial charge in [0.25, 0.3) is 0 Å². The Morgan fingerprint density at radius 3 is 2.23 bits per heavy atom. The van der Waals surface area contributed by atoms with Crippen LogP contribution in [0.15, 0.2) is 47.4 Å². The summed E-state index contributed by atoms with van der Waals surface area (Å²) in [5.74, 6) is -0.692. The highest BCUT2D eigenvalue weighted by molar-refractivity contribution is 7.89. The Balaban J connectivity index is 2.13. The summed E-state index contributed by atoms with van der Waals surface area (Å²) < 4.78 is 38.3. The van der Waals surface area contributed by atoms with Gasteiger partial charge in [-0.25, -0.2) is 13.2 Å². The van der Waals surface area contributed by atoms with Crippen molar-refractivity contribution >= 4 is 27.6 Å². The SMILES string of the molecule is CCOC(=O)c1ccc(NC(=O)C(C)NS(=O)(=O)c2cc(C(C)C)ccc2OC)cc1. The minimum Gasteiger partial charge on any atom is -0.495 e. The summed E-state index contributed by atoms with van der Waals surface area (Å²) in [5.41, 5.74) is 1.61. The van der Waals surface area contributed by atoms with Crippen LogP contribution in [0, 0.1) is 0 Å². The van der Waals surface area contributed by atoms with Crippen molar-refractivity contribution < 1.29 is 27.5 Å². The molecule has 0 saturated heterocycles. The molecule has 9 heteroatoms. The average Bonchev–Trinajstić information content (AvgIpc) is 2.73. The number of sulfonamides is 1. The highest BCUT2D eigenvalue weighted by Gasteiger charge is 2.26. The fraction of sp³-hybridized carbons (Fsp3) is 0.364. The third kappa shape index (κ3) is 6.28. The van der Waals surface area contributed by atoms with E-state index in [0.717, 1.165) is 5.56 Å². The number of nitrogens with one attached hydrogen (secondary N) is 2. The fourth-order valence-corrected chi connectivity index (χ4v) is 4.17. The molecule has 1 atom stereocenters. The Kier molecular flexibility index (Phi) is 8.18. The molecule has 0 aliphatic heterocycles. The highest BCUT2D eigenvalue weighted by Crippen LogP contribution is 2.28. The number of ether oxygens (including phenoxy) is 2. The largest absolute Gasteiger partial charge is 0.495 e. The number of methoxy groups -OCH3 is 1. The summed E-state index contributed by atoms with van der Waals surface area (Å²) in [5, 5.41) is 2.62. The van der Waals surface area contributed by atoms with Gasteiger partial charge in [-0.2, -0.15) is 4.72 Å². The van der Waals surface area contributed by atoms with Gasteiger partial charge in [-0.15, -0.1) is 0 Å². The highest BCUT2D eigenvalue weighted by atomic mass is 32.2. The standard InChI is InChI=1S/C22H28N2O6S/c1-6-30-22(26)16-7-10-18(11-8-16)23-21(25)15(4)24-31(27,28)20-13-17(14(2)3)9-12-19(20)29-5/h7-15,24H,6H2,1-5H3,(H,23,25). The van der Waals surface area contributed by atoms with Crippen LogP contribution in [0.4, 0.5) is 5.69 Å². The molecule has 8 nitrogen and oxygen atoms in total. The van der Waals surface area contributed by atoms with Crippen LogP contribution in [0.3, 0.4) is 0 Å². The molecule has 2 aromatic rings. The minimum atomic E-state index is -4.02. The van der Waals surface area contributed by atoms with Crippen molar-refractivity contribution in [2.75, 3.05) is 19.0 Å². The van der Waals surface area contributed by atoms with Gasteiger partial charge in [-0.05, 0) is 61.7 Å². The summed E-state index contributed by atoms with van der Waals surface area (Å²) in [6, 6.07) is 10.0. The number of amides is 1. The van der Waals surface area contributed by atoms with E-state index in [2.05, 4.69) is 10.0 Å². The molecule has 1 amide bonds. The molecule has 2 rings (SSSR count). The van der Waals surface area contributed by atoms with Gasteiger partial charge in [-0.1, -0.05) is 19.9 Å². The molecule has 168 valence electrons. The number of hydrogen-bond donors (Lipinski definition) is 2. The predicted octanol–water partition coefficient (Wildman–Crippen LogP) is 3.30. The number of carbonyl (C=O) groups excluding carboxylic acids is 2. The molecule has 0 aliphatic carbocycles. The van der Waals surface area contributed by atoms with E-state index >= 15 is 0 Å². The molecule has 0 aliphatic rings. The van der Waals surface area contributed by atoms with Gasteiger partial charge in [0.15, 0.2) is 0 Å². The van der Waals surface area contributed by atoms with Gasteiger partial charge in [0, 0.05) is 5.69 Å². The van der Waals surface area contributed by atoms with Crippen molar-refractivity contribution in [3.63, 3.8) is 0 Å². The predicted molar refractivity (Wildman–Crippen MR) is 118 cm³/mol. The molecule has 0 bridgehead atoms. The van der Waals surface area contributed by atoms with Gasteiger partial charge >= 0.3 is 5.97 Å². The van der Waals surface area contributed by atoms with Crippen LogP contribution < -0.4 is 14.8 Å². The number of esters is 1. The first-order valence-corrected chi connectivity index (χ1v) is 11.4. The van der Waals surface area contributed by atoms with E-state index < -0.39 is 27.9 Å². The zero-order valence-electron chi connectivity index (χ0n) is 18.3. The van der Waals surface area contributed by atoms with E-state index in [4.69, 9.17) is 9.47 Å². The minimum absolute atomic E-state index is 0.0281. The van der Waals surface area contributed by atoms with Gasteiger partial charge in [0.1, 0.15) is 10.6 Å². The van der Waals surface area contributed by atoms with Crippen molar-refractivity contribution in [2.45, 2.75) is 44.6 Å². The second kappa shape index (κ2) is 10.4. The van der Waals surface area contributed by atoms with Crippen molar-refractivity contribution in [3.05, 3.63) is 53.6 Å². The van der Waals surface area contributed by atoms with Gasteiger partial charge in [0.05, 0.1) is 25.3 Å². The molecular formula is C22H28N2O6S. The molecule has 1 unspecified atom stereocenters. The molecule has 0 spiro atoms. The van der Waals surface area contributed by atoms with E-state index in [0.29, 0.717) is 11.3 Å². The van der Waals surface area contributed by atoms with E-state index in [1.807, 2.05) is 13.8 Å². The Bertz CT molecular complexity index is 1030. The molecule has 0 saturated carbocycles. The molecular weight excluding hydrogens is 420 g/mol. The molecule has 2 N–H and O–H groups in total. The topological polar surface area (TPSA) is 111 Å². The van der Waals surface area contributed by atoms with E-state index in [9.17, 15) is 18.0 Å². The lowest BCUT2D eigenvalue weighted by Crippen LogP contribution is -2.41. The zero-order chi connectivity index (χ0) is 23.2. The van der Waals surface area contributed by atoms with Crippen LogP contribution in [0.25, 0.3) is 0 Å². The summed E-state index contributed by atoms with van der Waals surface area (Å²) >= 11 is 0. The molecule has 0 radical (unpaired) electrons. The Hall–Kier alpha value is -2.91. The maximum Gasteiger partial charge on any atom is 0.338 e. The van der Waals surface area contributed by atoms with Crippen LogP contribution in [-0.4, -0.2) is 40.1 Å². The smallest absolute Gasteiger partial charge is 0.338 e. The normalized spacial score (nSPS) is 12.3. The lowest BCUT2D eigenvalue weighted by atomic mass is 10.0. The fourth-order valence-electron chi connectivity index (χ4n) is 2.77. The van der Waals surface area contributed by atoms with E-state index in [1.54, 1.807) is 37.3 Å². The molecule has 2 aromatic carbocycles. The van der Waals surface area contributed by atoms with Gasteiger partial charge < -0.3 is 14.8 Å². The Morgan fingerprint density at radius 2 is 1.68 bits per heavy atom. The Labute approximate surface area is 183 Å². The van der Waals surface area contributed by atoms with Crippen LogP contribution in [0.5, 0.6) is 5.75 Å². The van der Waals surface area contributed by atoms with Crippen molar-refractivity contribution in [3.8, 4) is 5.75 Å². The maximum atomic E-state index is 12.9. The van der Waals surface area contributed by atoms with Gasteiger partial charge in [0.2, 0.25) is 15.9 Å². The quantitative estimate of drug-likeness (QED) is 0.570. The van der Waals surface area contributed by atoms with E-state index in [-0.39, 0.29) is 23.2 Å². The van der Waals surface area contributed by atoms with Crippen LogP contribution in [-0.2, 0) is 19.6 Å². The third-order valence-electron chi connectivity index (χ3n) is 4.53. The lowest BCUT2D eigenvalue weighted by Gasteiger charge is -2.17. The maximum absolute atomic E-state index is 12.9. The van der Waals surface area contributed by atoms with Crippen LogP contribution >= 0.6 is 0 Å². The number of carbonyl (C=O) groups is 2.